The largest absolute Gasteiger partial charge is 0.508 e. The molecule has 0 radical (unpaired) electrons. The van der Waals surface area contributed by atoms with E-state index < -0.39 is 58.6 Å². The molecule has 224 valence electrons. The Kier molecular flexibility index (Phi) is 9.65. The van der Waals surface area contributed by atoms with E-state index in [4.69, 9.17) is 11.6 Å². The van der Waals surface area contributed by atoms with Gasteiger partial charge in [0, 0.05) is 23.2 Å². The normalized spacial score (nSPS) is 19.0. The van der Waals surface area contributed by atoms with Gasteiger partial charge in [-0.15, -0.1) is 11.6 Å². The van der Waals surface area contributed by atoms with Gasteiger partial charge in [-0.3, -0.25) is 14.4 Å². The van der Waals surface area contributed by atoms with Crippen molar-refractivity contribution in [2.75, 3.05) is 6.54 Å². The zero-order chi connectivity index (χ0) is 30.9. The minimum Gasteiger partial charge on any atom is -0.508 e. The number of aliphatic hydroxyl groups is 1. The number of phenolic OH excluding ortho intramolecular Hbond substituents is 1. The number of hydrogen-bond acceptors (Lipinski definition) is 5. The van der Waals surface area contributed by atoms with Crippen LogP contribution in [0.25, 0.3) is 0 Å². The van der Waals surface area contributed by atoms with Gasteiger partial charge in [-0.2, -0.15) is 13.2 Å². The van der Waals surface area contributed by atoms with Gasteiger partial charge < -0.3 is 25.7 Å². The lowest BCUT2D eigenvalue weighted by atomic mass is 9.96. The fourth-order valence-corrected chi connectivity index (χ4v) is 5.19. The molecule has 1 aliphatic rings. The van der Waals surface area contributed by atoms with Crippen molar-refractivity contribution in [1.29, 1.82) is 0 Å². The number of carbonyl (C=O) groups is 3. The monoisotopic (exact) mass is 597 g/mol. The second-order valence-electron chi connectivity index (χ2n) is 11.4. The highest BCUT2D eigenvalue weighted by Crippen LogP contribution is 2.30. The average Bonchev–Trinajstić information content (AvgIpc) is 3.25. The molecule has 0 saturated carbocycles. The quantitative estimate of drug-likeness (QED) is 0.362. The third kappa shape index (κ3) is 7.91. The zero-order valence-corrected chi connectivity index (χ0v) is 24.2. The van der Waals surface area contributed by atoms with Crippen molar-refractivity contribution in [2.24, 2.45) is 0 Å². The number of aromatic hydroxyl groups is 1. The fraction of sp³-hybridized carbons (Fsp3) is 0.483. The topological polar surface area (TPSA) is 119 Å². The van der Waals surface area contributed by atoms with Gasteiger partial charge in [-0.25, -0.2) is 0 Å². The Morgan fingerprint density at radius 1 is 1.12 bits per heavy atom. The standard InChI is InChI=1S/C29H35ClF3N3O5/c1-15-9-10-22(37)16(2)23(15)26(40)34-20(12-17-7-6-8-18(11-17)29(31,32)33)24(38)27(41)36-14-19(30)13-21(36)25(39)35-28(3,4)5/h6-11,19-21,24,37-38H,12-14H2,1-5H3,(H,34,40)(H,35,39)/t19-,20-,21-,24-/m0/s1. The molecule has 0 aliphatic carbocycles. The van der Waals surface area contributed by atoms with Gasteiger partial charge in [0.25, 0.3) is 11.8 Å². The molecule has 3 rings (SSSR count). The maximum atomic E-state index is 13.6. The summed E-state index contributed by atoms with van der Waals surface area (Å²) < 4.78 is 40.1. The summed E-state index contributed by atoms with van der Waals surface area (Å²) in [7, 11) is 0. The molecule has 2 aromatic carbocycles. The van der Waals surface area contributed by atoms with Crippen LogP contribution >= 0.6 is 11.6 Å². The lowest BCUT2D eigenvalue weighted by Crippen LogP contribution is -2.57. The van der Waals surface area contributed by atoms with Crippen LogP contribution in [-0.2, 0) is 22.2 Å². The smallest absolute Gasteiger partial charge is 0.416 e. The number of phenols is 1. The van der Waals surface area contributed by atoms with Crippen molar-refractivity contribution < 1.29 is 37.8 Å². The molecule has 41 heavy (non-hydrogen) atoms. The van der Waals surface area contributed by atoms with Crippen molar-refractivity contribution in [3.63, 3.8) is 0 Å². The van der Waals surface area contributed by atoms with Gasteiger partial charge >= 0.3 is 6.18 Å². The fourth-order valence-electron chi connectivity index (χ4n) is 4.87. The zero-order valence-electron chi connectivity index (χ0n) is 23.5. The number of carbonyl (C=O) groups excluding carboxylic acids is 3. The minimum absolute atomic E-state index is 0.0469. The van der Waals surface area contributed by atoms with E-state index in [0.717, 1.165) is 17.0 Å². The summed E-state index contributed by atoms with van der Waals surface area (Å²) in [5, 5.41) is 26.2. The SMILES string of the molecule is Cc1ccc(O)c(C)c1C(=O)N[C@@H](Cc1cccc(C(F)(F)F)c1)[C@H](O)C(=O)N1C[C@@H](Cl)C[C@H]1C(=O)NC(C)(C)C. The molecule has 0 unspecified atom stereocenters. The van der Waals surface area contributed by atoms with Crippen LogP contribution in [0.3, 0.4) is 0 Å². The number of rotatable bonds is 7. The van der Waals surface area contributed by atoms with E-state index in [-0.39, 0.29) is 41.8 Å². The summed E-state index contributed by atoms with van der Waals surface area (Å²) in [5.74, 6) is -2.25. The van der Waals surface area contributed by atoms with Crippen LogP contribution in [-0.4, -0.2) is 68.5 Å². The van der Waals surface area contributed by atoms with Crippen molar-refractivity contribution >= 4 is 29.3 Å². The Hall–Kier alpha value is -3.31. The van der Waals surface area contributed by atoms with E-state index in [2.05, 4.69) is 10.6 Å². The molecule has 8 nitrogen and oxygen atoms in total. The Morgan fingerprint density at radius 3 is 2.39 bits per heavy atom. The van der Waals surface area contributed by atoms with Crippen LogP contribution in [0.15, 0.2) is 36.4 Å². The van der Waals surface area contributed by atoms with Crippen LogP contribution in [0.2, 0.25) is 0 Å². The van der Waals surface area contributed by atoms with Crippen molar-refractivity contribution in [3.05, 3.63) is 64.2 Å². The Morgan fingerprint density at radius 2 is 1.78 bits per heavy atom. The van der Waals surface area contributed by atoms with Gasteiger partial charge in [0.1, 0.15) is 11.8 Å². The lowest BCUT2D eigenvalue weighted by Gasteiger charge is -2.32. The number of amides is 3. The summed E-state index contributed by atoms with van der Waals surface area (Å²) in [6, 6.07) is 4.91. The number of hydrogen-bond donors (Lipinski definition) is 4. The first-order valence-electron chi connectivity index (χ1n) is 13.1. The van der Waals surface area contributed by atoms with Crippen molar-refractivity contribution in [2.45, 2.75) is 82.7 Å². The third-order valence-corrected chi connectivity index (χ3v) is 7.18. The lowest BCUT2D eigenvalue weighted by molar-refractivity contribution is -0.146. The van der Waals surface area contributed by atoms with Gasteiger partial charge in [0.05, 0.1) is 17.0 Å². The van der Waals surface area contributed by atoms with E-state index >= 15 is 0 Å². The number of alkyl halides is 4. The second kappa shape index (κ2) is 12.3. The van der Waals surface area contributed by atoms with Crippen LogP contribution in [0.4, 0.5) is 13.2 Å². The molecule has 4 atom stereocenters. The molecular formula is C29H35ClF3N3O5. The average molecular weight is 598 g/mol. The minimum atomic E-state index is -4.63. The Labute approximate surface area is 241 Å². The van der Waals surface area contributed by atoms with Crippen LogP contribution in [0.5, 0.6) is 5.75 Å². The van der Waals surface area contributed by atoms with E-state index in [0.29, 0.717) is 5.56 Å². The molecule has 1 fully saturated rings. The first-order valence-corrected chi connectivity index (χ1v) is 13.5. The van der Waals surface area contributed by atoms with E-state index in [1.165, 1.54) is 31.2 Å². The summed E-state index contributed by atoms with van der Waals surface area (Å²) >= 11 is 6.29. The number of halogens is 4. The first-order chi connectivity index (χ1) is 18.9. The highest BCUT2D eigenvalue weighted by Gasteiger charge is 2.43. The maximum Gasteiger partial charge on any atom is 0.416 e. The number of nitrogens with one attached hydrogen (secondary N) is 2. The Balaban J connectivity index is 1.96. The summed E-state index contributed by atoms with van der Waals surface area (Å²) in [6.45, 7) is 8.41. The summed E-state index contributed by atoms with van der Waals surface area (Å²) in [5.41, 5.74) is -0.567. The predicted octanol–water partition coefficient (Wildman–Crippen LogP) is 3.85. The highest BCUT2D eigenvalue weighted by atomic mass is 35.5. The van der Waals surface area contributed by atoms with Crippen LogP contribution < -0.4 is 10.6 Å². The van der Waals surface area contributed by atoms with E-state index in [9.17, 15) is 37.8 Å². The van der Waals surface area contributed by atoms with E-state index in [1.54, 1.807) is 27.7 Å². The third-order valence-electron chi connectivity index (χ3n) is 6.87. The molecule has 1 saturated heterocycles. The molecule has 0 spiro atoms. The molecule has 1 heterocycles. The number of aryl methyl sites for hydroxylation is 1. The number of benzene rings is 2. The van der Waals surface area contributed by atoms with Gasteiger partial charge in [0.2, 0.25) is 5.91 Å². The number of nitrogens with zero attached hydrogens (tertiary/aromatic N) is 1. The Bertz CT molecular complexity index is 1310. The molecule has 4 N–H and O–H groups in total. The highest BCUT2D eigenvalue weighted by molar-refractivity contribution is 6.21. The first kappa shape index (κ1) is 32.2. The van der Waals surface area contributed by atoms with Crippen molar-refractivity contribution in [3.8, 4) is 5.75 Å². The number of aliphatic hydroxyl groups excluding tert-OH is 1. The van der Waals surface area contributed by atoms with Crippen molar-refractivity contribution in [1.82, 2.24) is 15.5 Å². The molecule has 0 aromatic heterocycles. The predicted molar refractivity (Wildman–Crippen MR) is 148 cm³/mol. The molecule has 12 heteroatoms. The van der Waals surface area contributed by atoms with Gasteiger partial charge in [0.15, 0.2) is 6.10 Å². The molecule has 2 aromatic rings. The van der Waals surface area contributed by atoms with E-state index in [1.807, 2.05) is 0 Å². The van der Waals surface area contributed by atoms with Crippen LogP contribution in [0.1, 0.15) is 59.8 Å². The molecule has 1 aliphatic heterocycles. The van der Waals surface area contributed by atoms with Crippen LogP contribution in [0, 0.1) is 13.8 Å². The summed E-state index contributed by atoms with van der Waals surface area (Å²) in [4.78, 5) is 41.1. The van der Waals surface area contributed by atoms with Gasteiger partial charge in [-0.1, -0.05) is 24.3 Å². The van der Waals surface area contributed by atoms with Gasteiger partial charge in [-0.05, 0) is 70.7 Å². The number of likely N-dealkylation sites (tertiary alicyclic amines) is 1. The molecule has 0 bridgehead atoms. The molecule has 3 amide bonds. The maximum absolute atomic E-state index is 13.6. The molecular weight excluding hydrogens is 563 g/mol. The second-order valence-corrected chi connectivity index (χ2v) is 12.0. The summed E-state index contributed by atoms with van der Waals surface area (Å²) in [6.07, 6.45) is -6.76.